The van der Waals surface area contributed by atoms with Gasteiger partial charge >= 0.3 is 0 Å². The highest BCUT2D eigenvalue weighted by Crippen LogP contribution is 2.09. The molecule has 0 unspecified atom stereocenters. The SMILES string of the molecule is NC1=CN(/C=C\O)CCC1. The molecule has 0 aliphatic carbocycles. The molecule has 0 saturated carbocycles. The Balaban J connectivity index is 2.53. The summed E-state index contributed by atoms with van der Waals surface area (Å²) < 4.78 is 0. The van der Waals surface area contributed by atoms with Gasteiger partial charge in [-0.1, -0.05) is 0 Å². The van der Waals surface area contributed by atoms with E-state index in [9.17, 15) is 0 Å². The Morgan fingerprint density at radius 2 is 2.50 bits per heavy atom. The number of nitrogens with two attached hydrogens (primary N) is 1. The van der Waals surface area contributed by atoms with Crippen molar-refractivity contribution >= 4 is 0 Å². The van der Waals surface area contributed by atoms with Crippen molar-refractivity contribution in [2.24, 2.45) is 5.73 Å². The number of hydrogen-bond acceptors (Lipinski definition) is 3. The number of allylic oxidation sites excluding steroid dienone is 1. The van der Waals surface area contributed by atoms with E-state index >= 15 is 0 Å². The second-order valence-corrected chi connectivity index (χ2v) is 2.34. The molecule has 0 aromatic heterocycles. The largest absolute Gasteiger partial charge is 0.514 e. The molecule has 3 heteroatoms. The van der Waals surface area contributed by atoms with E-state index < -0.39 is 0 Å². The van der Waals surface area contributed by atoms with Crippen LogP contribution in [0.5, 0.6) is 0 Å². The van der Waals surface area contributed by atoms with E-state index in [0.29, 0.717) is 0 Å². The summed E-state index contributed by atoms with van der Waals surface area (Å²) in [6.45, 7) is 0.942. The fourth-order valence-electron chi connectivity index (χ4n) is 1.01. The molecule has 0 fully saturated rings. The van der Waals surface area contributed by atoms with Crippen LogP contribution in [0.25, 0.3) is 0 Å². The third-order valence-electron chi connectivity index (χ3n) is 1.47. The molecular formula is C7H12N2O. The molecule has 56 valence electrons. The van der Waals surface area contributed by atoms with Gasteiger partial charge in [-0.3, -0.25) is 0 Å². The molecule has 3 N–H and O–H groups in total. The molecule has 0 spiro atoms. The molecule has 1 rings (SSSR count). The van der Waals surface area contributed by atoms with Crippen LogP contribution in [0.1, 0.15) is 12.8 Å². The van der Waals surface area contributed by atoms with E-state index in [1.807, 2.05) is 11.1 Å². The van der Waals surface area contributed by atoms with Crippen LogP contribution in [-0.4, -0.2) is 16.6 Å². The molecule has 10 heavy (non-hydrogen) atoms. The Bertz CT molecular complexity index is 163. The average molecular weight is 140 g/mol. The van der Waals surface area contributed by atoms with Crippen LogP contribution in [0.4, 0.5) is 0 Å². The van der Waals surface area contributed by atoms with E-state index in [1.54, 1.807) is 6.20 Å². The molecule has 1 aliphatic rings. The first-order chi connectivity index (χ1) is 4.83. The van der Waals surface area contributed by atoms with Crippen LogP contribution < -0.4 is 5.73 Å². The van der Waals surface area contributed by atoms with Crippen molar-refractivity contribution in [2.45, 2.75) is 12.8 Å². The van der Waals surface area contributed by atoms with Gasteiger partial charge in [0.05, 0.1) is 6.26 Å². The zero-order valence-electron chi connectivity index (χ0n) is 5.83. The minimum absolute atomic E-state index is 0.879. The van der Waals surface area contributed by atoms with Gasteiger partial charge in [0.2, 0.25) is 0 Å². The molecule has 0 amide bonds. The smallest absolute Gasteiger partial charge is 0.0953 e. The highest BCUT2D eigenvalue weighted by Gasteiger charge is 2.03. The summed E-state index contributed by atoms with van der Waals surface area (Å²) in [5.41, 5.74) is 6.44. The van der Waals surface area contributed by atoms with Crippen LogP contribution in [0.2, 0.25) is 0 Å². The topological polar surface area (TPSA) is 49.5 Å². The predicted molar refractivity (Wildman–Crippen MR) is 40.0 cm³/mol. The highest BCUT2D eigenvalue weighted by molar-refractivity contribution is 5.02. The molecule has 1 heterocycles. The maximum Gasteiger partial charge on any atom is 0.0953 e. The Hall–Kier alpha value is -1.12. The van der Waals surface area contributed by atoms with Crippen LogP contribution in [0.15, 0.2) is 24.4 Å². The lowest BCUT2D eigenvalue weighted by molar-refractivity contribution is 0.415. The molecule has 0 bridgehead atoms. The van der Waals surface area contributed by atoms with Crippen molar-refractivity contribution in [3.8, 4) is 0 Å². The number of nitrogens with zero attached hydrogens (tertiary/aromatic N) is 1. The van der Waals surface area contributed by atoms with Crippen molar-refractivity contribution in [3.63, 3.8) is 0 Å². The summed E-state index contributed by atoms with van der Waals surface area (Å²) in [4.78, 5) is 1.87. The van der Waals surface area contributed by atoms with Gasteiger partial charge < -0.3 is 15.7 Å². The van der Waals surface area contributed by atoms with Gasteiger partial charge in [0.1, 0.15) is 0 Å². The third-order valence-corrected chi connectivity index (χ3v) is 1.47. The minimum Gasteiger partial charge on any atom is -0.514 e. The number of hydrogen-bond donors (Lipinski definition) is 2. The number of rotatable bonds is 1. The summed E-state index contributed by atoms with van der Waals surface area (Å²) in [6.07, 6.45) is 6.50. The Morgan fingerprint density at radius 1 is 1.70 bits per heavy atom. The van der Waals surface area contributed by atoms with Crippen LogP contribution in [0, 0.1) is 0 Å². The zero-order chi connectivity index (χ0) is 7.40. The molecule has 0 aromatic carbocycles. The quantitative estimate of drug-likeness (QED) is 0.532. The van der Waals surface area contributed by atoms with Crippen molar-refractivity contribution in [2.75, 3.05) is 6.54 Å². The average Bonchev–Trinajstić information content (AvgIpc) is 1.88. The van der Waals surface area contributed by atoms with Crippen LogP contribution in [0.3, 0.4) is 0 Å². The Labute approximate surface area is 60.4 Å². The predicted octanol–water partition coefficient (Wildman–Crippen LogP) is 0.912. The Morgan fingerprint density at radius 3 is 3.10 bits per heavy atom. The summed E-state index contributed by atoms with van der Waals surface area (Å²) in [6, 6.07) is 0. The van der Waals surface area contributed by atoms with Gasteiger partial charge in [-0.25, -0.2) is 0 Å². The van der Waals surface area contributed by atoms with Crippen molar-refractivity contribution in [1.82, 2.24) is 4.90 Å². The molecule has 0 radical (unpaired) electrons. The van der Waals surface area contributed by atoms with Gasteiger partial charge in [-0.15, -0.1) is 0 Å². The second kappa shape index (κ2) is 3.15. The minimum atomic E-state index is 0.879. The van der Waals surface area contributed by atoms with E-state index in [2.05, 4.69) is 0 Å². The van der Waals surface area contributed by atoms with Crippen molar-refractivity contribution in [1.29, 1.82) is 0 Å². The lowest BCUT2D eigenvalue weighted by atomic mass is 10.2. The highest BCUT2D eigenvalue weighted by atomic mass is 16.2. The van der Waals surface area contributed by atoms with Gasteiger partial charge in [0.25, 0.3) is 0 Å². The lowest BCUT2D eigenvalue weighted by Crippen LogP contribution is -2.19. The molecule has 3 nitrogen and oxygen atoms in total. The molecular weight excluding hydrogens is 128 g/mol. The normalized spacial score (nSPS) is 19.6. The van der Waals surface area contributed by atoms with Gasteiger partial charge in [0.15, 0.2) is 0 Å². The van der Waals surface area contributed by atoms with Gasteiger partial charge in [-0.2, -0.15) is 0 Å². The van der Waals surface area contributed by atoms with E-state index in [1.165, 1.54) is 0 Å². The molecule has 0 aromatic rings. The number of aliphatic hydroxyl groups is 1. The van der Waals surface area contributed by atoms with Crippen LogP contribution >= 0.6 is 0 Å². The lowest BCUT2D eigenvalue weighted by Gasteiger charge is -2.20. The van der Waals surface area contributed by atoms with E-state index in [4.69, 9.17) is 10.8 Å². The maximum atomic E-state index is 8.41. The molecule has 1 aliphatic heterocycles. The first-order valence-corrected chi connectivity index (χ1v) is 3.36. The van der Waals surface area contributed by atoms with E-state index in [0.717, 1.165) is 31.3 Å². The first kappa shape index (κ1) is 6.99. The summed E-state index contributed by atoms with van der Waals surface area (Å²) in [7, 11) is 0. The van der Waals surface area contributed by atoms with E-state index in [-0.39, 0.29) is 0 Å². The number of aliphatic hydroxyl groups excluding tert-OH is 1. The molecule has 0 atom stereocenters. The van der Waals surface area contributed by atoms with Gasteiger partial charge in [-0.05, 0) is 12.8 Å². The third kappa shape index (κ3) is 1.69. The summed E-state index contributed by atoms with van der Waals surface area (Å²) >= 11 is 0. The monoisotopic (exact) mass is 140 g/mol. The maximum absolute atomic E-state index is 8.41. The first-order valence-electron chi connectivity index (χ1n) is 3.36. The second-order valence-electron chi connectivity index (χ2n) is 2.34. The van der Waals surface area contributed by atoms with Crippen LogP contribution in [-0.2, 0) is 0 Å². The van der Waals surface area contributed by atoms with Gasteiger partial charge in [0, 0.05) is 24.6 Å². The summed E-state index contributed by atoms with van der Waals surface area (Å²) in [5, 5.41) is 8.41. The zero-order valence-corrected chi connectivity index (χ0v) is 5.83. The standard InChI is InChI=1S/C7H12N2O/c8-7-2-1-3-9(6-7)4-5-10/h4-6,10H,1-3,8H2/b5-4-. The fraction of sp³-hybridized carbons (Fsp3) is 0.429. The molecule has 0 saturated heterocycles. The summed E-state index contributed by atoms with van der Waals surface area (Å²) in [5.74, 6) is 0. The van der Waals surface area contributed by atoms with Crippen molar-refractivity contribution < 1.29 is 5.11 Å². The van der Waals surface area contributed by atoms with Crippen molar-refractivity contribution in [3.05, 3.63) is 24.4 Å². The Kier molecular flexibility index (Phi) is 2.20. The fourth-order valence-corrected chi connectivity index (χ4v) is 1.01.